The first-order valence-electron chi connectivity index (χ1n) is 7.92. The lowest BCUT2D eigenvalue weighted by molar-refractivity contribution is 0.197. The summed E-state index contributed by atoms with van der Waals surface area (Å²) in [7, 11) is 0. The molecule has 4 heteroatoms. The summed E-state index contributed by atoms with van der Waals surface area (Å²) in [5.41, 5.74) is 7.71. The van der Waals surface area contributed by atoms with Gasteiger partial charge >= 0.3 is 0 Å². The van der Waals surface area contributed by atoms with Crippen molar-refractivity contribution in [2.24, 2.45) is 17.1 Å². The third-order valence-corrected chi connectivity index (χ3v) is 4.60. The van der Waals surface area contributed by atoms with Crippen LogP contribution in [0.15, 0.2) is 12.4 Å². The van der Waals surface area contributed by atoms with Crippen molar-refractivity contribution in [1.82, 2.24) is 14.7 Å². The molecule has 20 heavy (non-hydrogen) atoms. The highest BCUT2D eigenvalue weighted by Gasteiger charge is 2.35. The summed E-state index contributed by atoms with van der Waals surface area (Å²) in [4.78, 5) is 2.54. The Kier molecular flexibility index (Phi) is 4.86. The molecular weight excluding hydrogens is 248 g/mol. The van der Waals surface area contributed by atoms with Crippen molar-refractivity contribution in [1.29, 1.82) is 0 Å². The number of rotatable bonds is 5. The molecule has 0 radical (unpaired) electrons. The predicted molar refractivity (Wildman–Crippen MR) is 83.4 cm³/mol. The zero-order valence-electron chi connectivity index (χ0n) is 13.5. The average Bonchev–Trinajstić information content (AvgIpc) is 3.00. The van der Waals surface area contributed by atoms with Gasteiger partial charge in [-0.3, -0.25) is 9.58 Å². The topological polar surface area (TPSA) is 47.1 Å². The molecule has 1 aliphatic rings. The molecule has 0 amide bonds. The van der Waals surface area contributed by atoms with E-state index in [2.05, 4.69) is 43.9 Å². The maximum atomic E-state index is 6.04. The average molecular weight is 278 g/mol. The fourth-order valence-corrected chi connectivity index (χ4v) is 3.18. The maximum Gasteiger partial charge on any atom is 0.0538 e. The van der Waals surface area contributed by atoms with E-state index in [-0.39, 0.29) is 0 Å². The standard InChI is InChI=1S/C16H30N4/c1-5-7-20-11-13(10-18-20)15(9-17)19-8-6-14(12-19)16(2,3)4/h10-11,14-15H,5-9,12,17H2,1-4H3. The molecule has 114 valence electrons. The first-order valence-corrected chi connectivity index (χ1v) is 7.92. The highest BCUT2D eigenvalue weighted by atomic mass is 15.3. The lowest BCUT2D eigenvalue weighted by atomic mass is 9.80. The maximum absolute atomic E-state index is 6.04. The highest BCUT2D eigenvalue weighted by Crippen LogP contribution is 2.36. The van der Waals surface area contributed by atoms with Crippen LogP contribution >= 0.6 is 0 Å². The molecule has 2 atom stereocenters. The zero-order valence-corrected chi connectivity index (χ0v) is 13.5. The predicted octanol–water partition coefficient (Wildman–Crippen LogP) is 2.66. The Morgan fingerprint density at radius 2 is 2.20 bits per heavy atom. The van der Waals surface area contributed by atoms with Gasteiger partial charge in [-0.2, -0.15) is 5.10 Å². The number of hydrogen-bond donors (Lipinski definition) is 1. The molecule has 0 aliphatic carbocycles. The first-order chi connectivity index (χ1) is 9.45. The normalized spacial score (nSPS) is 22.4. The van der Waals surface area contributed by atoms with Crippen molar-refractivity contribution >= 4 is 0 Å². The van der Waals surface area contributed by atoms with Crippen LogP contribution in [-0.4, -0.2) is 34.3 Å². The third-order valence-electron chi connectivity index (χ3n) is 4.60. The Morgan fingerprint density at radius 1 is 1.45 bits per heavy atom. The van der Waals surface area contributed by atoms with Crippen molar-refractivity contribution in [2.75, 3.05) is 19.6 Å². The summed E-state index contributed by atoms with van der Waals surface area (Å²) in [6, 6.07) is 0.327. The molecule has 2 heterocycles. The molecule has 4 nitrogen and oxygen atoms in total. The van der Waals surface area contributed by atoms with E-state index in [4.69, 9.17) is 5.73 Å². The van der Waals surface area contributed by atoms with E-state index in [1.165, 1.54) is 12.0 Å². The van der Waals surface area contributed by atoms with E-state index in [1.54, 1.807) is 0 Å². The van der Waals surface area contributed by atoms with Crippen LogP contribution in [-0.2, 0) is 6.54 Å². The minimum Gasteiger partial charge on any atom is -0.329 e. The summed E-state index contributed by atoms with van der Waals surface area (Å²) < 4.78 is 2.04. The van der Waals surface area contributed by atoms with Gasteiger partial charge in [0.1, 0.15) is 0 Å². The molecule has 1 fully saturated rings. The van der Waals surface area contributed by atoms with Gasteiger partial charge in [-0.25, -0.2) is 0 Å². The van der Waals surface area contributed by atoms with Gasteiger partial charge in [-0.15, -0.1) is 0 Å². The number of aryl methyl sites for hydroxylation is 1. The second kappa shape index (κ2) is 6.27. The van der Waals surface area contributed by atoms with Crippen molar-refractivity contribution in [3.05, 3.63) is 18.0 Å². The van der Waals surface area contributed by atoms with Crippen LogP contribution in [0.3, 0.4) is 0 Å². The van der Waals surface area contributed by atoms with Crippen LogP contribution in [0, 0.1) is 11.3 Å². The van der Waals surface area contributed by atoms with E-state index >= 15 is 0 Å². The van der Waals surface area contributed by atoms with Crippen LogP contribution in [0.25, 0.3) is 0 Å². The highest BCUT2D eigenvalue weighted by molar-refractivity contribution is 5.12. The van der Waals surface area contributed by atoms with Crippen molar-refractivity contribution in [3.8, 4) is 0 Å². The summed E-state index contributed by atoms with van der Waals surface area (Å²) in [6.07, 6.45) is 6.57. The second-order valence-corrected chi connectivity index (χ2v) is 7.13. The van der Waals surface area contributed by atoms with Gasteiger partial charge in [0.15, 0.2) is 0 Å². The fourth-order valence-electron chi connectivity index (χ4n) is 3.18. The minimum atomic E-state index is 0.327. The molecule has 0 aromatic carbocycles. The van der Waals surface area contributed by atoms with Gasteiger partial charge in [-0.05, 0) is 30.7 Å². The third kappa shape index (κ3) is 3.41. The molecule has 2 unspecified atom stereocenters. The number of nitrogens with two attached hydrogens (primary N) is 1. The van der Waals surface area contributed by atoms with E-state index in [0.29, 0.717) is 18.0 Å². The Labute approximate surface area is 123 Å². The summed E-state index contributed by atoms with van der Waals surface area (Å²) >= 11 is 0. The van der Waals surface area contributed by atoms with Gasteiger partial charge in [0.2, 0.25) is 0 Å². The van der Waals surface area contributed by atoms with Gasteiger partial charge in [-0.1, -0.05) is 27.7 Å². The molecule has 0 bridgehead atoms. The molecule has 2 N–H and O–H groups in total. The molecule has 0 spiro atoms. The van der Waals surface area contributed by atoms with Crippen molar-refractivity contribution in [2.45, 2.75) is 53.1 Å². The summed E-state index contributed by atoms with van der Waals surface area (Å²) in [5, 5.41) is 4.45. The first kappa shape index (κ1) is 15.5. The molecular formula is C16H30N4. The van der Waals surface area contributed by atoms with Gasteiger partial charge in [0.05, 0.1) is 12.2 Å². The van der Waals surface area contributed by atoms with Gasteiger partial charge < -0.3 is 5.73 Å². The number of nitrogens with zero attached hydrogens (tertiary/aromatic N) is 3. The molecule has 1 aliphatic heterocycles. The van der Waals surface area contributed by atoms with E-state index in [9.17, 15) is 0 Å². The van der Waals surface area contributed by atoms with Crippen LogP contribution in [0.2, 0.25) is 0 Å². The number of hydrogen-bond acceptors (Lipinski definition) is 3. The largest absolute Gasteiger partial charge is 0.329 e. The van der Waals surface area contributed by atoms with Crippen LogP contribution < -0.4 is 5.73 Å². The quantitative estimate of drug-likeness (QED) is 0.900. The minimum absolute atomic E-state index is 0.327. The summed E-state index contributed by atoms with van der Waals surface area (Å²) in [5.74, 6) is 0.766. The van der Waals surface area contributed by atoms with E-state index in [0.717, 1.165) is 32.0 Å². The molecule has 1 saturated heterocycles. The van der Waals surface area contributed by atoms with Crippen molar-refractivity contribution in [3.63, 3.8) is 0 Å². The number of aromatic nitrogens is 2. The molecule has 2 rings (SSSR count). The number of likely N-dealkylation sites (tertiary alicyclic amines) is 1. The van der Waals surface area contributed by atoms with Gasteiger partial charge in [0.25, 0.3) is 0 Å². The van der Waals surface area contributed by atoms with E-state index in [1.807, 2.05) is 10.9 Å². The zero-order chi connectivity index (χ0) is 14.8. The Bertz CT molecular complexity index is 418. The van der Waals surface area contributed by atoms with Crippen LogP contribution in [0.1, 0.15) is 52.1 Å². The SMILES string of the molecule is CCCn1cc(C(CN)N2CCC(C(C)(C)C)C2)cn1. The van der Waals surface area contributed by atoms with Crippen molar-refractivity contribution < 1.29 is 0 Å². The summed E-state index contributed by atoms with van der Waals surface area (Å²) in [6.45, 7) is 13.2. The second-order valence-electron chi connectivity index (χ2n) is 7.13. The van der Waals surface area contributed by atoms with Gasteiger partial charge in [0, 0.05) is 31.4 Å². The van der Waals surface area contributed by atoms with Crippen LogP contribution in [0.4, 0.5) is 0 Å². The molecule has 1 aromatic rings. The molecule has 1 aromatic heterocycles. The monoisotopic (exact) mass is 278 g/mol. The van der Waals surface area contributed by atoms with Crippen LogP contribution in [0.5, 0.6) is 0 Å². The smallest absolute Gasteiger partial charge is 0.0538 e. The Morgan fingerprint density at radius 3 is 2.75 bits per heavy atom. The lowest BCUT2D eigenvalue weighted by Gasteiger charge is -2.30. The molecule has 0 saturated carbocycles. The fraction of sp³-hybridized carbons (Fsp3) is 0.812. The Balaban J connectivity index is 2.05. The lowest BCUT2D eigenvalue weighted by Crippen LogP contribution is -2.33. The van der Waals surface area contributed by atoms with E-state index < -0.39 is 0 Å². The Hall–Kier alpha value is -0.870.